The number of fused-ring (bicyclic) bond motifs is 1. The zero-order valence-electron chi connectivity index (χ0n) is 19.9. The Morgan fingerprint density at radius 2 is 2.14 bits per heavy atom. The number of urea groups is 1. The summed E-state index contributed by atoms with van der Waals surface area (Å²) in [4.78, 5) is 32.7. The number of carbonyl (C=O) groups excluding carboxylic acids is 2. The van der Waals surface area contributed by atoms with Crippen molar-refractivity contribution in [3.63, 3.8) is 0 Å². The Morgan fingerprint density at radius 1 is 1.40 bits per heavy atom. The number of aryl methyl sites for hydroxylation is 1. The number of nitrogens with one attached hydrogen (secondary N) is 2. The summed E-state index contributed by atoms with van der Waals surface area (Å²) >= 11 is 0. The van der Waals surface area contributed by atoms with Crippen LogP contribution in [0.3, 0.4) is 0 Å². The second-order valence-corrected chi connectivity index (χ2v) is 11.3. The van der Waals surface area contributed by atoms with Crippen molar-refractivity contribution >= 4 is 27.0 Å². The maximum Gasteiger partial charge on any atom is 0.320 e. The lowest BCUT2D eigenvalue weighted by molar-refractivity contribution is -0.140. The number of likely N-dealkylation sites (tertiary alicyclic amines) is 2. The highest BCUT2D eigenvalue weighted by Gasteiger charge is 2.54. The zero-order chi connectivity index (χ0) is 25.0. The Bertz CT molecular complexity index is 1030. The van der Waals surface area contributed by atoms with Gasteiger partial charge in [-0.25, -0.2) is 9.78 Å². The molecule has 35 heavy (non-hydrogen) atoms. The first-order valence-electron chi connectivity index (χ1n) is 12.0. The molecule has 3 atom stereocenters. The van der Waals surface area contributed by atoms with Crippen molar-refractivity contribution in [2.75, 3.05) is 38.1 Å². The molecule has 11 heteroatoms. The molecular weight excluding hydrogens is 475 g/mol. The van der Waals surface area contributed by atoms with Gasteiger partial charge in [0.25, 0.3) is 5.66 Å². The summed E-state index contributed by atoms with van der Waals surface area (Å²) in [5.41, 5.74) is -1.40. The number of amides is 3. The van der Waals surface area contributed by atoms with E-state index < -0.39 is 11.4 Å². The van der Waals surface area contributed by atoms with E-state index in [-0.39, 0.29) is 36.1 Å². The van der Waals surface area contributed by atoms with Crippen molar-refractivity contribution < 1.29 is 23.1 Å². The zero-order valence-corrected chi connectivity index (χ0v) is 21.0. The molecule has 1 unspecified atom stereocenters. The van der Waals surface area contributed by atoms with Crippen LogP contribution in [0.5, 0.6) is 0 Å². The third-order valence-corrected chi connectivity index (χ3v) is 8.04. The summed E-state index contributed by atoms with van der Waals surface area (Å²) in [6.45, 7) is 8.05. The number of anilines is 1. The Hall–Kier alpha value is -2.32. The second kappa shape index (κ2) is 8.96. The number of halogens is 2. The first kappa shape index (κ1) is 24.4. The smallest absolute Gasteiger partial charge is 0.320 e. The van der Waals surface area contributed by atoms with Gasteiger partial charge in [0.2, 0.25) is 5.91 Å². The Balaban J connectivity index is 1.08. The molecule has 5 rings (SSSR count). The van der Waals surface area contributed by atoms with Gasteiger partial charge in [-0.15, -0.1) is 0 Å². The number of piperidine rings is 1. The minimum atomic E-state index is -3.10. The van der Waals surface area contributed by atoms with Gasteiger partial charge in [0.05, 0.1) is 17.8 Å². The molecule has 8 nitrogen and oxygen atoms in total. The summed E-state index contributed by atoms with van der Waals surface area (Å²) in [5.74, 6) is 0.804. The third-order valence-electron chi connectivity index (χ3n) is 7.69. The quantitative estimate of drug-likeness (QED) is 0.599. The monoisotopic (exact) mass is 507 g/mol. The summed E-state index contributed by atoms with van der Waals surface area (Å²) < 4.78 is 32.3. The maximum absolute atomic E-state index is 13.3. The van der Waals surface area contributed by atoms with E-state index in [4.69, 9.17) is 4.74 Å². The summed E-state index contributed by atoms with van der Waals surface area (Å²) in [7, 11) is 1.47. The van der Waals surface area contributed by atoms with Crippen LogP contribution in [-0.4, -0.2) is 77.3 Å². The van der Waals surface area contributed by atoms with Crippen LogP contribution in [0.1, 0.15) is 30.4 Å². The van der Waals surface area contributed by atoms with Crippen LogP contribution >= 0.6 is 9.24 Å². The van der Waals surface area contributed by atoms with Gasteiger partial charge in [-0.3, -0.25) is 4.79 Å². The van der Waals surface area contributed by atoms with Crippen LogP contribution in [0.15, 0.2) is 24.5 Å². The van der Waals surface area contributed by atoms with E-state index >= 15 is 0 Å². The molecule has 4 aliphatic rings. The van der Waals surface area contributed by atoms with E-state index in [1.807, 2.05) is 22.8 Å². The molecule has 4 heterocycles. The Labute approximate surface area is 206 Å². The van der Waals surface area contributed by atoms with Gasteiger partial charge in [-0.1, -0.05) is 21.9 Å². The lowest BCUT2D eigenvalue weighted by Crippen LogP contribution is -2.68. The van der Waals surface area contributed by atoms with Gasteiger partial charge in [0.1, 0.15) is 12.4 Å². The number of rotatable bonds is 5. The van der Waals surface area contributed by atoms with Crippen molar-refractivity contribution in [3.05, 3.63) is 35.7 Å². The fourth-order valence-electron chi connectivity index (χ4n) is 5.97. The average Bonchev–Trinajstić information content (AvgIpc) is 2.74. The van der Waals surface area contributed by atoms with E-state index in [1.54, 1.807) is 6.20 Å². The van der Waals surface area contributed by atoms with Crippen molar-refractivity contribution in [2.24, 2.45) is 11.3 Å². The highest BCUT2D eigenvalue weighted by atomic mass is 31.0. The minimum Gasteiger partial charge on any atom is -0.366 e. The number of ether oxygens (including phenoxy) is 1. The lowest BCUT2D eigenvalue weighted by Gasteiger charge is -2.60. The molecule has 1 aromatic heterocycles. The van der Waals surface area contributed by atoms with E-state index in [2.05, 4.69) is 22.2 Å². The number of allylic oxidation sites excluding steroid dienone is 1. The number of pyridine rings is 1. The molecule has 1 saturated carbocycles. The molecule has 3 saturated heterocycles. The topological polar surface area (TPSA) is 86.8 Å². The predicted molar refractivity (Wildman–Crippen MR) is 130 cm³/mol. The van der Waals surface area contributed by atoms with Crippen molar-refractivity contribution in [1.29, 1.82) is 0 Å². The van der Waals surface area contributed by atoms with Gasteiger partial charge in [-0.2, -0.15) is 8.78 Å². The van der Waals surface area contributed by atoms with Gasteiger partial charge < -0.3 is 25.2 Å². The molecular formula is C24H32F2N5O3P. The van der Waals surface area contributed by atoms with Gasteiger partial charge in [0, 0.05) is 37.8 Å². The number of aromatic nitrogens is 1. The van der Waals surface area contributed by atoms with E-state index in [0.717, 1.165) is 49.9 Å². The lowest BCUT2D eigenvalue weighted by atomic mass is 9.56. The molecule has 0 aromatic carbocycles. The van der Waals surface area contributed by atoms with Crippen LogP contribution in [0, 0.1) is 18.3 Å². The van der Waals surface area contributed by atoms with Crippen molar-refractivity contribution in [2.45, 2.75) is 50.4 Å². The van der Waals surface area contributed by atoms with E-state index in [9.17, 15) is 18.4 Å². The minimum absolute atomic E-state index is 0.000241. The number of alkyl halides is 2. The number of nitrogens with zero attached hydrogens (tertiary/aromatic N) is 3. The molecule has 3 aliphatic heterocycles. The Kier molecular flexibility index (Phi) is 6.24. The highest BCUT2D eigenvalue weighted by Crippen LogP contribution is 2.53. The predicted octanol–water partition coefficient (Wildman–Crippen LogP) is 2.75. The highest BCUT2D eigenvalue weighted by molar-refractivity contribution is 7.18. The molecule has 1 aromatic rings. The number of hydrogen-bond acceptors (Lipinski definition) is 5. The van der Waals surface area contributed by atoms with Crippen LogP contribution in [0.25, 0.3) is 0 Å². The van der Waals surface area contributed by atoms with Gasteiger partial charge in [-0.05, 0) is 49.7 Å². The van der Waals surface area contributed by atoms with Crippen LogP contribution in [0.4, 0.5) is 19.4 Å². The molecule has 1 spiro atoms. The van der Waals surface area contributed by atoms with Crippen molar-refractivity contribution in [3.8, 4) is 0 Å². The average molecular weight is 508 g/mol. The summed E-state index contributed by atoms with van der Waals surface area (Å²) in [5, 5.41) is 5.55. The standard InChI is InChI=1S/C24H32F2N5O3P/c1-14-5-16(9-27-21(14)28-15(2)24(25,26)35)6-17-7-23(8-17)12-31(13-23)22(33)30-4-3-19-18(10-30)29-20(32)11-34-19/h5,9,17-19H,2-4,6-8,10-13,35H2,1H3,(H,27,28)(H,29,32)/t18-,19+/m1/s1. The molecule has 1 aliphatic carbocycles. The van der Waals surface area contributed by atoms with Crippen LogP contribution in [0.2, 0.25) is 0 Å². The molecule has 0 radical (unpaired) electrons. The molecule has 0 bridgehead atoms. The second-order valence-electron chi connectivity index (χ2n) is 10.6. The summed E-state index contributed by atoms with van der Waals surface area (Å²) in [6.07, 6.45) is 5.51. The van der Waals surface area contributed by atoms with Gasteiger partial charge >= 0.3 is 6.03 Å². The SMILES string of the molecule is C=C(Nc1ncc(CC2CC3(C2)CN(C(=O)N2CC[C@@H]4OCC(=O)N[C@@H]4C2)C3)cc1C)C(F)(F)P. The Morgan fingerprint density at radius 3 is 2.83 bits per heavy atom. The molecule has 190 valence electrons. The fraction of sp³-hybridized carbons (Fsp3) is 0.625. The van der Waals surface area contributed by atoms with Crippen molar-refractivity contribution in [1.82, 2.24) is 20.1 Å². The molecule has 3 amide bonds. The molecule has 2 N–H and O–H groups in total. The largest absolute Gasteiger partial charge is 0.366 e. The first-order valence-corrected chi connectivity index (χ1v) is 12.6. The van der Waals surface area contributed by atoms with Crippen LogP contribution in [-0.2, 0) is 16.0 Å². The number of carbonyl (C=O) groups is 2. The van der Waals surface area contributed by atoms with Gasteiger partial charge in [0.15, 0.2) is 0 Å². The maximum atomic E-state index is 13.3. The summed E-state index contributed by atoms with van der Waals surface area (Å²) in [6, 6.07) is 1.92. The van der Waals surface area contributed by atoms with E-state index in [1.165, 1.54) is 9.24 Å². The third kappa shape index (κ3) is 5.00. The molecule has 4 fully saturated rings. The van der Waals surface area contributed by atoms with E-state index in [0.29, 0.717) is 24.8 Å². The normalized spacial score (nSPS) is 25.9. The first-order chi connectivity index (χ1) is 16.5. The van der Waals surface area contributed by atoms with Crippen LogP contribution < -0.4 is 10.6 Å². The number of hydrogen-bond donors (Lipinski definition) is 2. The fourth-order valence-corrected chi connectivity index (χ4v) is 6.05. The number of morpholine rings is 1.